The molecule has 0 heterocycles. The zero-order chi connectivity index (χ0) is 11.7. The summed E-state index contributed by atoms with van der Waals surface area (Å²) < 4.78 is 0. The summed E-state index contributed by atoms with van der Waals surface area (Å²) in [4.78, 5) is 10.9. The van der Waals surface area contributed by atoms with Gasteiger partial charge in [-0.05, 0) is 32.0 Å². The lowest BCUT2D eigenvalue weighted by molar-refractivity contribution is -0.105. The molecule has 0 aromatic heterocycles. The van der Waals surface area contributed by atoms with Gasteiger partial charge in [-0.1, -0.05) is 13.3 Å². The number of carbonyl (C=O) groups is 1. The van der Waals surface area contributed by atoms with Crippen LogP contribution in [0.25, 0.3) is 0 Å². The van der Waals surface area contributed by atoms with Gasteiger partial charge in [0.25, 0.3) is 0 Å². The van der Waals surface area contributed by atoms with Crippen LogP contribution >= 0.6 is 0 Å². The molecule has 0 bridgehead atoms. The Labute approximate surface area is 92.6 Å². The lowest BCUT2D eigenvalue weighted by Crippen LogP contribution is -2.13. The van der Waals surface area contributed by atoms with Crippen molar-refractivity contribution < 1.29 is 4.79 Å². The molecule has 3 heteroatoms. The van der Waals surface area contributed by atoms with Gasteiger partial charge in [-0.2, -0.15) is 0 Å². The predicted octanol–water partition coefficient (Wildman–Crippen LogP) is 1.62. The quantitative estimate of drug-likeness (QED) is 0.381. The largest absolute Gasteiger partial charge is 0.392 e. The summed E-state index contributed by atoms with van der Waals surface area (Å²) in [6.45, 7) is 4.74. The lowest BCUT2D eigenvalue weighted by Gasteiger charge is -2.08. The van der Waals surface area contributed by atoms with E-state index < -0.39 is 0 Å². The van der Waals surface area contributed by atoms with E-state index in [0.29, 0.717) is 6.54 Å². The molecule has 0 amide bonds. The highest BCUT2D eigenvalue weighted by molar-refractivity contribution is 5.76. The molecule has 0 rings (SSSR count). The van der Waals surface area contributed by atoms with Crippen molar-refractivity contribution in [2.75, 3.05) is 20.6 Å². The Balaban J connectivity index is 4.95. The van der Waals surface area contributed by atoms with E-state index in [2.05, 4.69) is 17.6 Å². The third-order valence-corrected chi connectivity index (χ3v) is 2.23. The third-order valence-electron chi connectivity index (χ3n) is 2.23. The third kappa shape index (κ3) is 5.37. The first-order valence-electron chi connectivity index (χ1n) is 5.37. The van der Waals surface area contributed by atoms with Gasteiger partial charge < -0.3 is 10.6 Å². The molecule has 0 aromatic carbocycles. The number of nitrogens with one attached hydrogen (secondary N) is 2. The fourth-order valence-corrected chi connectivity index (χ4v) is 1.35. The number of aldehydes is 1. The van der Waals surface area contributed by atoms with Crippen molar-refractivity contribution in [2.24, 2.45) is 0 Å². The van der Waals surface area contributed by atoms with Crippen LogP contribution in [0.4, 0.5) is 0 Å². The SMILES string of the molecule is CCCC(/C=C(/C)NC)=C(/C=O)CNC. The lowest BCUT2D eigenvalue weighted by atomic mass is 10.0. The second kappa shape index (κ2) is 8.24. The van der Waals surface area contributed by atoms with Crippen LogP contribution in [0.5, 0.6) is 0 Å². The monoisotopic (exact) mass is 210 g/mol. The molecule has 0 saturated carbocycles. The van der Waals surface area contributed by atoms with E-state index in [-0.39, 0.29) is 0 Å². The molecule has 0 unspecified atom stereocenters. The number of carbonyl (C=O) groups excluding carboxylic acids is 1. The van der Waals surface area contributed by atoms with Crippen LogP contribution in [-0.2, 0) is 4.79 Å². The predicted molar refractivity (Wildman–Crippen MR) is 64.7 cm³/mol. The summed E-state index contributed by atoms with van der Waals surface area (Å²) in [5.41, 5.74) is 3.04. The van der Waals surface area contributed by atoms with Gasteiger partial charge in [-0.3, -0.25) is 4.79 Å². The second-order valence-corrected chi connectivity index (χ2v) is 3.53. The summed E-state index contributed by atoms with van der Waals surface area (Å²) in [7, 11) is 3.73. The molecule has 0 aliphatic heterocycles. The van der Waals surface area contributed by atoms with Crippen molar-refractivity contribution in [1.29, 1.82) is 0 Å². The van der Waals surface area contributed by atoms with Crippen LogP contribution in [0.2, 0.25) is 0 Å². The maximum atomic E-state index is 10.9. The van der Waals surface area contributed by atoms with Gasteiger partial charge >= 0.3 is 0 Å². The van der Waals surface area contributed by atoms with Crippen LogP contribution in [0.3, 0.4) is 0 Å². The molecule has 0 spiro atoms. The summed E-state index contributed by atoms with van der Waals surface area (Å²) in [5.74, 6) is 0. The van der Waals surface area contributed by atoms with Crippen molar-refractivity contribution in [2.45, 2.75) is 26.7 Å². The summed E-state index contributed by atoms with van der Waals surface area (Å²) in [6.07, 6.45) is 4.98. The van der Waals surface area contributed by atoms with Gasteiger partial charge in [-0.15, -0.1) is 0 Å². The fourth-order valence-electron chi connectivity index (χ4n) is 1.35. The zero-order valence-corrected chi connectivity index (χ0v) is 10.2. The van der Waals surface area contributed by atoms with Crippen LogP contribution in [0.1, 0.15) is 26.7 Å². The molecule has 3 nitrogen and oxygen atoms in total. The van der Waals surface area contributed by atoms with Crippen molar-refractivity contribution in [1.82, 2.24) is 10.6 Å². The van der Waals surface area contributed by atoms with Crippen molar-refractivity contribution >= 4 is 6.29 Å². The van der Waals surface area contributed by atoms with E-state index in [0.717, 1.165) is 36.0 Å². The van der Waals surface area contributed by atoms with Gasteiger partial charge in [0.2, 0.25) is 0 Å². The number of allylic oxidation sites excluding steroid dienone is 3. The van der Waals surface area contributed by atoms with Gasteiger partial charge in [-0.25, -0.2) is 0 Å². The minimum atomic E-state index is 0.631. The molecule has 0 aliphatic rings. The van der Waals surface area contributed by atoms with E-state index in [1.807, 2.05) is 27.1 Å². The van der Waals surface area contributed by atoms with Gasteiger partial charge in [0.1, 0.15) is 6.29 Å². The summed E-state index contributed by atoms with van der Waals surface area (Å²) >= 11 is 0. The Hall–Kier alpha value is -1.09. The van der Waals surface area contributed by atoms with E-state index in [1.54, 1.807) is 0 Å². The Morgan fingerprint density at radius 2 is 1.93 bits per heavy atom. The van der Waals surface area contributed by atoms with Crippen molar-refractivity contribution in [3.63, 3.8) is 0 Å². The molecule has 2 N–H and O–H groups in total. The van der Waals surface area contributed by atoms with Crippen LogP contribution in [-0.4, -0.2) is 26.9 Å². The fraction of sp³-hybridized carbons (Fsp3) is 0.583. The zero-order valence-electron chi connectivity index (χ0n) is 10.2. The second-order valence-electron chi connectivity index (χ2n) is 3.53. The van der Waals surface area contributed by atoms with E-state index in [4.69, 9.17) is 0 Å². The van der Waals surface area contributed by atoms with Crippen molar-refractivity contribution in [3.05, 3.63) is 22.9 Å². The smallest absolute Gasteiger partial charge is 0.147 e. The first-order valence-corrected chi connectivity index (χ1v) is 5.37. The maximum Gasteiger partial charge on any atom is 0.147 e. The first kappa shape index (κ1) is 13.9. The Kier molecular flexibility index (Phi) is 7.64. The van der Waals surface area contributed by atoms with E-state index >= 15 is 0 Å². The van der Waals surface area contributed by atoms with Crippen molar-refractivity contribution in [3.8, 4) is 0 Å². The normalized spacial score (nSPS) is 13.5. The average Bonchev–Trinajstić information content (AvgIpc) is 2.25. The Morgan fingerprint density at radius 3 is 2.33 bits per heavy atom. The molecule has 0 fully saturated rings. The van der Waals surface area contributed by atoms with Gasteiger partial charge in [0.15, 0.2) is 0 Å². The highest BCUT2D eigenvalue weighted by Crippen LogP contribution is 2.12. The average molecular weight is 210 g/mol. The summed E-state index contributed by atoms with van der Waals surface area (Å²) in [6, 6.07) is 0. The standard InChI is InChI=1S/C12H22N2O/c1-5-6-11(7-10(2)14-4)12(9-15)8-13-3/h7,9,13-14H,5-6,8H2,1-4H3/b10-7-,12-11-. The maximum absolute atomic E-state index is 10.9. The Morgan fingerprint density at radius 1 is 1.27 bits per heavy atom. The minimum Gasteiger partial charge on any atom is -0.392 e. The molecule has 86 valence electrons. The number of rotatable bonds is 7. The first-order chi connectivity index (χ1) is 7.19. The Bertz CT molecular complexity index is 254. The molecule has 0 saturated heterocycles. The number of hydrogen-bond donors (Lipinski definition) is 2. The van der Waals surface area contributed by atoms with Gasteiger partial charge in [0.05, 0.1) is 0 Å². The van der Waals surface area contributed by atoms with E-state index in [1.165, 1.54) is 0 Å². The molecule has 0 aliphatic carbocycles. The number of hydrogen-bond acceptors (Lipinski definition) is 3. The molecule has 0 aromatic rings. The number of likely N-dealkylation sites (N-methyl/N-ethyl adjacent to an activating group) is 1. The topological polar surface area (TPSA) is 41.1 Å². The molecular formula is C12H22N2O. The molecular weight excluding hydrogens is 188 g/mol. The van der Waals surface area contributed by atoms with Gasteiger partial charge in [0, 0.05) is 24.9 Å². The molecule has 15 heavy (non-hydrogen) atoms. The molecule has 0 atom stereocenters. The van der Waals surface area contributed by atoms with Crippen LogP contribution < -0.4 is 10.6 Å². The van der Waals surface area contributed by atoms with E-state index in [9.17, 15) is 4.79 Å². The highest BCUT2D eigenvalue weighted by atomic mass is 16.1. The minimum absolute atomic E-state index is 0.631. The molecule has 0 radical (unpaired) electrons. The summed E-state index contributed by atoms with van der Waals surface area (Å²) in [5, 5.41) is 6.08. The highest BCUT2D eigenvalue weighted by Gasteiger charge is 2.02. The van der Waals surface area contributed by atoms with Crippen LogP contribution in [0.15, 0.2) is 22.9 Å². The van der Waals surface area contributed by atoms with Crippen LogP contribution in [0, 0.1) is 0 Å².